The lowest BCUT2D eigenvalue weighted by Crippen LogP contribution is -1.25. The molecule has 0 amide bonds. The Morgan fingerprint density at radius 1 is 2.00 bits per heavy atom. The molecule has 0 saturated heterocycles. The van der Waals surface area contributed by atoms with Gasteiger partial charge in [-0.3, -0.25) is 0 Å². The molecular weight excluding hydrogens is 72.1 g/mol. The molecule has 0 aromatic heterocycles. The number of nitrogens with one attached hydrogen (secondary N) is 1. The summed E-state index contributed by atoms with van der Waals surface area (Å²) in [5, 5.41) is 0. The smallest absolute Gasteiger partial charge is 0.00551 e. The molecule has 0 heterocycles. The van der Waals surface area contributed by atoms with Gasteiger partial charge in [0.05, 0.1) is 0 Å². The van der Waals surface area contributed by atoms with Crippen molar-refractivity contribution < 1.29 is 0 Å². The molecular formula is CH4N2S. The Morgan fingerprint density at radius 2 is 2.25 bits per heavy atom. The van der Waals surface area contributed by atoms with Gasteiger partial charge in [0.15, 0.2) is 0 Å². The van der Waals surface area contributed by atoms with Crippen LogP contribution in [0.1, 0.15) is 0 Å². The monoisotopic (exact) mass is 76.0 g/mol. The van der Waals surface area contributed by atoms with E-state index in [0.717, 1.165) is 11.9 Å². The first kappa shape index (κ1) is 3.95. The summed E-state index contributed by atoms with van der Waals surface area (Å²) in [6, 6.07) is 0. The Morgan fingerprint density at radius 3 is 2.25 bits per heavy atom. The van der Waals surface area contributed by atoms with Crippen molar-refractivity contribution in [1.82, 2.24) is 0 Å². The van der Waals surface area contributed by atoms with E-state index in [-0.39, 0.29) is 0 Å². The van der Waals surface area contributed by atoms with Crippen LogP contribution in [0, 0.1) is 5.53 Å². The molecule has 4 heavy (non-hydrogen) atoms. The summed E-state index contributed by atoms with van der Waals surface area (Å²) in [7, 11) is 0. The predicted octanol–water partition coefficient (Wildman–Crippen LogP) is 1.30. The first-order valence-electron chi connectivity index (χ1n) is 0.814. The molecule has 0 aromatic carbocycles. The van der Waals surface area contributed by atoms with Gasteiger partial charge >= 0.3 is 0 Å². The van der Waals surface area contributed by atoms with Gasteiger partial charge < -0.3 is 0 Å². The van der Waals surface area contributed by atoms with E-state index in [4.69, 9.17) is 5.53 Å². The standard InChI is InChI=1S/CH4N2S/c1-4-3-2/h2H,1H3. The van der Waals surface area contributed by atoms with Crippen molar-refractivity contribution in [1.29, 1.82) is 5.53 Å². The Bertz CT molecular complexity index is 20.0. The fourth-order valence-electron chi connectivity index (χ4n) is 0. The fourth-order valence-corrected chi connectivity index (χ4v) is 0. The molecule has 0 aliphatic heterocycles. The molecule has 0 unspecified atom stereocenters. The van der Waals surface area contributed by atoms with E-state index in [9.17, 15) is 0 Å². The second-order valence-electron chi connectivity index (χ2n) is 0.274. The van der Waals surface area contributed by atoms with Crippen LogP contribution in [-0.2, 0) is 0 Å². The molecule has 3 heteroatoms. The van der Waals surface area contributed by atoms with Crippen LogP contribution in [0.2, 0.25) is 0 Å². The van der Waals surface area contributed by atoms with E-state index in [0.29, 0.717) is 0 Å². The van der Waals surface area contributed by atoms with E-state index in [1.165, 1.54) is 0 Å². The third kappa shape index (κ3) is 1.95. The molecule has 0 radical (unpaired) electrons. The average molecular weight is 76.1 g/mol. The van der Waals surface area contributed by atoms with Gasteiger partial charge in [-0.15, -0.1) is 4.52 Å². The Hall–Kier alpha value is -0.0500. The number of hydrogen-bond donors (Lipinski definition) is 1. The van der Waals surface area contributed by atoms with Crippen LogP contribution in [-0.4, -0.2) is 6.26 Å². The molecule has 2 nitrogen and oxygen atoms in total. The highest BCUT2D eigenvalue weighted by Gasteiger charge is 1.46. The fraction of sp³-hybridized carbons (Fsp3) is 1.00. The summed E-state index contributed by atoms with van der Waals surface area (Å²) < 4.78 is 2.90. The third-order valence-corrected chi connectivity index (χ3v) is 0.274. The highest BCUT2D eigenvalue weighted by Crippen LogP contribution is 1.86. The maximum absolute atomic E-state index is 6.04. The summed E-state index contributed by atoms with van der Waals surface area (Å²) in [6.07, 6.45) is 1.74. The van der Waals surface area contributed by atoms with Crippen molar-refractivity contribution in [3.05, 3.63) is 0 Å². The molecule has 0 aromatic rings. The van der Waals surface area contributed by atoms with Crippen LogP contribution in [0.3, 0.4) is 0 Å². The van der Waals surface area contributed by atoms with Crippen molar-refractivity contribution in [3.8, 4) is 0 Å². The second kappa shape index (κ2) is 2.95. The second-order valence-corrected chi connectivity index (χ2v) is 0.822. The molecule has 0 fully saturated rings. The van der Waals surface area contributed by atoms with Crippen LogP contribution >= 0.6 is 11.9 Å². The van der Waals surface area contributed by atoms with Gasteiger partial charge in [-0.1, -0.05) is 0 Å². The van der Waals surface area contributed by atoms with Crippen molar-refractivity contribution in [3.63, 3.8) is 0 Å². The van der Waals surface area contributed by atoms with E-state index < -0.39 is 0 Å². The molecule has 24 valence electrons. The zero-order valence-electron chi connectivity index (χ0n) is 2.36. The van der Waals surface area contributed by atoms with Crippen LogP contribution in [0.15, 0.2) is 4.52 Å². The van der Waals surface area contributed by atoms with Crippen LogP contribution < -0.4 is 0 Å². The summed E-state index contributed by atoms with van der Waals surface area (Å²) in [6.45, 7) is 0. The SMILES string of the molecule is CSN=N. The van der Waals surface area contributed by atoms with E-state index in [1.807, 2.05) is 0 Å². The van der Waals surface area contributed by atoms with Crippen molar-refractivity contribution in [2.45, 2.75) is 0 Å². The van der Waals surface area contributed by atoms with Crippen LogP contribution in [0.5, 0.6) is 0 Å². The lowest BCUT2D eigenvalue weighted by molar-refractivity contribution is 1.26. The van der Waals surface area contributed by atoms with Gasteiger partial charge in [0, 0.05) is 6.26 Å². The third-order valence-electron chi connectivity index (χ3n) is 0.0913. The van der Waals surface area contributed by atoms with Crippen molar-refractivity contribution in [2.75, 3.05) is 6.26 Å². The topological polar surface area (TPSA) is 36.2 Å². The highest BCUT2D eigenvalue weighted by atomic mass is 32.2. The lowest BCUT2D eigenvalue weighted by atomic mass is 12.0. The summed E-state index contributed by atoms with van der Waals surface area (Å²) in [5.74, 6) is 0. The average Bonchev–Trinajstić information content (AvgIpc) is 1.37. The van der Waals surface area contributed by atoms with Crippen LogP contribution in [0.25, 0.3) is 0 Å². The molecule has 1 N–H and O–H groups in total. The number of hydrogen-bond acceptors (Lipinski definition) is 3. The normalized spacial score (nSPS) is 6.25. The maximum Gasteiger partial charge on any atom is 0.00551 e. The molecule has 0 spiro atoms. The molecule has 0 bridgehead atoms. The van der Waals surface area contributed by atoms with Crippen molar-refractivity contribution in [2.24, 2.45) is 4.52 Å². The van der Waals surface area contributed by atoms with Gasteiger partial charge in [-0.25, -0.2) is 0 Å². The minimum absolute atomic E-state index is 1.15. The van der Waals surface area contributed by atoms with Gasteiger partial charge in [0.2, 0.25) is 0 Å². The molecule has 0 atom stereocenters. The van der Waals surface area contributed by atoms with Gasteiger partial charge in [-0.05, 0) is 11.9 Å². The van der Waals surface area contributed by atoms with Gasteiger partial charge in [0.25, 0.3) is 0 Å². The molecule has 0 saturated carbocycles. The Labute approximate surface area is 29.2 Å². The predicted molar refractivity (Wildman–Crippen MR) is 18.7 cm³/mol. The Kier molecular flexibility index (Phi) is 2.91. The van der Waals surface area contributed by atoms with E-state index in [2.05, 4.69) is 4.52 Å². The minimum Gasteiger partial charge on any atom is -0.198 e. The van der Waals surface area contributed by atoms with Crippen LogP contribution in [0.4, 0.5) is 0 Å². The van der Waals surface area contributed by atoms with Gasteiger partial charge in [0.1, 0.15) is 0 Å². The van der Waals surface area contributed by atoms with Gasteiger partial charge in [-0.2, -0.15) is 5.53 Å². The summed E-state index contributed by atoms with van der Waals surface area (Å²) >= 11 is 1.15. The lowest BCUT2D eigenvalue weighted by Gasteiger charge is -1.57. The Balaban J connectivity index is 2.30. The first-order chi connectivity index (χ1) is 1.91. The number of rotatable bonds is 1. The minimum atomic E-state index is 1.15. The number of nitrogens with zero attached hydrogens (tertiary/aromatic N) is 1. The van der Waals surface area contributed by atoms with Crippen molar-refractivity contribution >= 4 is 11.9 Å². The quantitative estimate of drug-likeness (QED) is 0.371. The highest BCUT2D eigenvalue weighted by molar-refractivity contribution is 7.97. The zero-order chi connectivity index (χ0) is 3.41. The van der Waals surface area contributed by atoms with E-state index >= 15 is 0 Å². The summed E-state index contributed by atoms with van der Waals surface area (Å²) in [4.78, 5) is 0. The molecule has 0 aliphatic carbocycles. The molecule has 0 rings (SSSR count). The maximum atomic E-state index is 6.04. The zero-order valence-corrected chi connectivity index (χ0v) is 3.17. The largest absolute Gasteiger partial charge is 0.198 e. The summed E-state index contributed by atoms with van der Waals surface area (Å²) in [5.41, 5.74) is 6.04. The first-order valence-corrected chi connectivity index (χ1v) is 2.00. The van der Waals surface area contributed by atoms with E-state index in [1.54, 1.807) is 6.26 Å². The molecule has 0 aliphatic rings.